The van der Waals surface area contributed by atoms with Crippen LogP contribution in [0.25, 0.3) is 0 Å². The molecule has 0 aromatic heterocycles. The summed E-state index contributed by atoms with van der Waals surface area (Å²) in [5.41, 5.74) is 0.0683. The quantitative estimate of drug-likeness (QED) is 0.274. The van der Waals surface area contributed by atoms with Crippen molar-refractivity contribution in [1.29, 1.82) is 0 Å². The molecule has 0 N–H and O–H groups in total. The van der Waals surface area contributed by atoms with Crippen LogP contribution in [0.15, 0.2) is 35.4 Å². The first-order chi connectivity index (χ1) is 7.54. The zero-order valence-corrected chi connectivity index (χ0v) is 9.53. The Morgan fingerprint density at radius 1 is 1.50 bits per heavy atom. The lowest BCUT2D eigenvalue weighted by Gasteiger charge is -1.96. The molecule has 1 rings (SSSR count). The highest BCUT2D eigenvalue weighted by Crippen LogP contribution is 2.15. The standard InChI is InChI=1S/C10H7Cl2NO3/c11-6-8(12)5-10(14)7-2-1-3-9(4-7)13(15)16/h1-5H,6H2/b8-5-. The molecule has 1 aromatic rings. The fourth-order valence-electron chi connectivity index (χ4n) is 1.04. The van der Waals surface area contributed by atoms with E-state index in [0.717, 1.165) is 6.08 Å². The van der Waals surface area contributed by atoms with Gasteiger partial charge >= 0.3 is 0 Å². The second kappa shape index (κ2) is 5.63. The van der Waals surface area contributed by atoms with Gasteiger partial charge in [-0.15, -0.1) is 11.6 Å². The molecule has 0 radical (unpaired) electrons. The van der Waals surface area contributed by atoms with Crippen LogP contribution in [0.4, 0.5) is 5.69 Å². The Kier molecular flexibility index (Phi) is 4.46. The fourth-order valence-corrected chi connectivity index (χ4v) is 1.21. The average molecular weight is 260 g/mol. The number of hydrogen-bond donors (Lipinski definition) is 0. The van der Waals surface area contributed by atoms with Gasteiger partial charge in [0.15, 0.2) is 5.78 Å². The van der Waals surface area contributed by atoms with E-state index < -0.39 is 10.7 Å². The second-order valence-corrected chi connectivity index (χ2v) is 3.65. The van der Waals surface area contributed by atoms with E-state index in [1.807, 2.05) is 0 Å². The van der Waals surface area contributed by atoms with Crippen molar-refractivity contribution >= 4 is 34.7 Å². The fraction of sp³-hybridized carbons (Fsp3) is 0.100. The van der Waals surface area contributed by atoms with E-state index in [1.54, 1.807) is 0 Å². The third-order valence-electron chi connectivity index (χ3n) is 1.76. The molecule has 0 bridgehead atoms. The molecule has 0 fully saturated rings. The lowest BCUT2D eigenvalue weighted by Crippen LogP contribution is -1.97. The SMILES string of the molecule is O=C(/C=C(\Cl)CCl)c1cccc([N+](=O)[O-])c1. The molecule has 84 valence electrons. The van der Waals surface area contributed by atoms with Crippen LogP contribution < -0.4 is 0 Å². The summed E-state index contributed by atoms with van der Waals surface area (Å²) in [4.78, 5) is 21.5. The van der Waals surface area contributed by atoms with Crippen LogP contribution in [0.2, 0.25) is 0 Å². The number of nitro benzene ring substituents is 1. The molecule has 0 unspecified atom stereocenters. The summed E-state index contributed by atoms with van der Waals surface area (Å²) in [5, 5.41) is 10.7. The van der Waals surface area contributed by atoms with Crippen molar-refractivity contribution in [2.45, 2.75) is 0 Å². The Bertz CT molecular complexity index is 457. The number of benzene rings is 1. The minimum absolute atomic E-state index is 0.0300. The number of ketones is 1. The molecule has 0 atom stereocenters. The van der Waals surface area contributed by atoms with Gasteiger partial charge in [0.2, 0.25) is 0 Å². The number of alkyl halides is 1. The third-order valence-corrected chi connectivity index (χ3v) is 2.42. The maximum Gasteiger partial charge on any atom is 0.270 e. The van der Waals surface area contributed by atoms with Crippen molar-refractivity contribution in [2.24, 2.45) is 0 Å². The molecule has 0 aliphatic carbocycles. The molecule has 0 saturated carbocycles. The van der Waals surface area contributed by atoms with Gasteiger partial charge in [-0.25, -0.2) is 0 Å². The number of allylic oxidation sites excluding steroid dienone is 2. The van der Waals surface area contributed by atoms with E-state index in [9.17, 15) is 14.9 Å². The molecule has 4 nitrogen and oxygen atoms in total. The van der Waals surface area contributed by atoms with E-state index >= 15 is 0 Å². The molecule has 0 spiro atoms. The first kappa shape index (κ1) is 12.7. The number of halogens is 2. The Hall–Kier alpha value is -1.39. The van der Waals surface area contributed by atoms with Crippen LogP contribution in [0, 0.1) is 10.1 Å². The molecular weight excluding hydrogens is 253 g/mol. The van der Waals surface area contributed by atoms with Gasteiger partial charge < -0.3 is 0 Å². The summed E-state index contributed by atoms with van der Waals surface area (Å²) in [6, 6.07) is 5.42. The van der Waals surface area contributed by atoms with E-state index in [0.29, 0.717) is 0 Å². The minimum atomic E-state index is -0.566. The van der Waals surface area contributed by atoms with E-state index in [-0.39, 0.29) is 22.2 Å². The van der Waals surface area contributed by atoms with Crippen LogP contribution in [0.5, 0.6) is 0 Å². The highest BCUT2D eigenvalue weighted by atomic mass is 35.5. The van der Waals surface area contributed by atoms with E-state index in [4.69, 9.17) is 23.2 Å². The summed E-state index contributed by atoms with van der Waals surface area (Å²) in [6.07, 6.45) is 1.15. The summed E-state index contributed by atoms with van der Waals surface area (Å²) in [5.74, 6) is -0.378. The van der Waals surface area contributed by atoms with Gasteiger partial charge in [0.25, 0.3) is 5.69 Å². The number of nitrogens with zero attached hydrogens (tertiary/aromatic N) is 1. The summed E-state index contributed by atoms with van der Waals surface area (Å²) in [7, 11) is 0. The van der Waals surface area contributed by atoms with Gasteiger partial charge in [-0.1, -0.05) is 23.7 Å². The highest BCUT2D eigenvalue weighted by Gasteiger charge is 2.10. The van der Waals surface area contributed by atoms with Gasteiger partial charge in [-0.05, 0) is 0 Å². The lowest BCUT2D eigenvalue weighted by atomic mass is 10.1. The van der Waals surface area contributed by atoms with E-state index in [2.05, 4.69) is 0 Å². The Balaban J connectivity index is 3.01. The Labute approximate surface area is 102 Å². The molecule has 0 heterocycles. The molecule has 6 heteroatoms. The molecule has 0 aliphatic heterocycles. The van der Waals surface area contributed by atoms with Crippen molar-refractivity contribution in [3.05, 3.63) is 51.1 Å². The molecule has 0 saturated heterocycles. The summed E-state index contributed by atoms with van der Waals surface area (Å²) < 4.78 is 0. The molecular formula is C10H7Cl2NO3. The first-order valence-corrected chi connectivity index (χ1v) is 5.16. The monoisotopic (exact) mass is 259 g/mol. The number of carbonyl (C=O) groups is 1. The topological polar surface area (TPSA) is 60.2 Å². The van der Waals surface area contributed by atoms with Crippen LogP contribution >= 0.6 is 23.2 Å². The predicted molar refractivity (Wildman–Crippen MR) is 62.1 cm³/mol. The van der Waals surface area contributed by atoms with Gasteiger partial charge in [0.05, 0.1) is 10.8 Å². The van der Waals surface area contributed by atoms with Crippen LogP contribution in [-0.4, -0.2) is 16.6 Å². The molecule has 0 aliphatic rings. The van der Waals surface area contributed by atoms with Gasteiger partial charge in [0, 0.05) is 28.8 Å². The van der Waals surface area contributed by atoms with Gasteiger partial charge in [-0.3, -0.25) is 14.9 Å². The highest BCUT2D eigenvalue weighted by molar-refractivity contribution is 6.37. The van der Waals surface area contributed by atoms with Crippen LogP contribution in [0.1, 0.15) is 10.4 Å². The number of non-ortho nitro benzene ring substituents is 1. The number of nitro groups is 1. The number of rotatable bonds is 4. The average Bonchev–Trinajstić information content (AvgIpc) is 2.28. The van der Waals surface area contributed by atoms with Gasteiger partial charge in [-0.2, -0.15) is 0 Å². The van der Waals surface area contributed by atoms with Crippen molar-refractivity contribution in [2.75, 3.05) is 5.88 Å². The smallest absolute Gasteiger partial charge is 0.270 e. The summed E-state index contributed by atoms with van der Waals surface area (Å²) in [6.45, 7) is 0. The molecule has 0 amide bonds. The number of carbonyl (C=O) groups excluding carboxylic acids is 1. The predicted octanol–water partition coefficient (Wildman–Crippen LogP) is 3.14. The number of hydrogen-bond acceptors (Lipinski definition) is 3. The molecule has 1 aromatic carbocycles. The maximum atomic E-state index is 11.5. The normalized spacial score (nSPS) is 11.2. The zero-order valence-electron chi connectivity index (χ0n) is 8.02. The third kappa shape index (κ3) is 3.32. The van der Waals surface area contributed by atoms with Crippen molar-refractivity contribution in [3.63, 3.8) is 0 Å². The van der Waals surface area contributed by atoms with Crippen molar-refractivity contribution < 1.29 is 9.72 Å². The molecule has 16 heavy (non-hydrogen) atoms. The first-order valence-electron chi connectivity index (χ1n) is 4.25. The largest absolute Gasteiger partial charge is 0.289 e. The van der Waals surface area contributed by atoms with Crippen molar-refractivity contribution in [3.8, 4) is 0 Å². The minimum Gasteiger partial charge on any atom is -0.289 e. The van der Waals surface area contributed by atoms with Crippen LogP contribution in [-0.2, 0) is 0 Å². The van der Waals surface area contributed by atoms with Gasteiger partial charge in [0.1, 0.15) is 0 Å². The second-order valence-electron chi connectivity index (χ2n) is 2.90. The lowest BCUT2D eigenvalue weighted by molar-refractivity contribution is -0.384. The Morgan fingerprint density at radius 2 is 2.19 bits per heavy atom. The summed E-state index contributed by atoms with van der Waals surface area (Å²) >= 11 is 11.0. The maximum absolute atomic E-state index is 11.5. The van der Waals surface area contributed by atoms with E-state index in [1.165, 1.54) is 24.3 Å². The van der Waals surface area contributed by atoms with Crippen molar-refractivity contribution in [1.82, 2.24) is 0 Å². The Morgan fingerprint density at radius 3 is 2.75 bits per heavy atom. The van der Waals surface area contributed by atoms with Crippen LogP contribution in [0.3, 0.4) is 0 Å². The zero-order chi connectivity index (χ0) is 12.1.